The highest BCUT2D eigenvalue weighted by Gasteiger charge is 2.35. The quantitative estimate of drug-likeness (QED) is 0.307. The average molecular weight is 531 g/mol. The minimum atomic E-state index is -2.74. The Morgan fingerprint density at radius 2 is 1.68 bits per heavy atom. The molecule has 0 saturated carbocycles. The van der Waals surface area contributed by atoms with Crippen molar-refractivity contribution in [1.29, 1.82) is 0 Å². The molecule has 9 heteroatoms. The van der Waals surface area contributed by atoms with E-state index in [-0.39, 0.29) is 55.6 Å². The van der Waals surface area contributed by atoms with Crippen molar-refractivity contribution >= 4 is 23.6 Å². The number of nitrogens with zero attached hydrogens (tertiary/aromatic N) is 1. The number of carbonyl (C=O) groups excluding carboxylic acids is 1. The van der Waals surface area contributed by atoms with Crippen LogP contribution in [0.25, 0.3) is 28.3 Å². The van der Waals surface area contributed by atoms with Crippen molar-refractivity contribution in [2.75, 3.05) is 26.2 Å². The molecule has 5 rings (SSSR count). The summed E-state index contributed by atoms with van der Waals surface area (Å²) in [6, 6.07) is 12.3. The van der Waals surface area contributed by atoms with Crippen molar-refractivity contribution in [3.63, 3.8) is 0 Å². The summed E-state index contributed by atoms with van der Waals surface area (Å²) >= 11 is 5.96. The molecule has 0 unspecified atom stereocenters. The number of nitrogens with two attached hydrogens (primary N) is 1. The van der Waals surface area contributed by atoms with Crippen LogP contribution >= 0.6 is 11.6 Å². The maximum atomic E-state index is 14.9. The summed E-state index contributed by atoms with van der Waals surface area (Å²) in [5.74, 6) is -4.26. The maximum Gasteiger partial charge on any atom is 0.253 e. The van der Waals surface area contributed by atoms with Crippen LogP contribution < -0.4 is 10.5 Å². The number of halogens is 5. The molecule has 1 saturated heterocycles. The molecule has 2 aliphatic heterocycles. The standard InChI is InChI=1S/C28H23ClF4N2O2/c29-23-12-21(24(30)13-25(23)31)22-11-19(10-20-9-16(14-34)15-37-26(20)22)17-1-3-18(4-2-17)27(36)35-7-5-28(32,33)6-8-35/h1-4,9-13H,5-8,14-15,34H2. The Morgan fingerprint density at radius 1 is 0.973 bits per heavy atom. The smallest absolute Gasteiger partial charge is 0.253 e. The molecule has 0 aromatic heterocycles. The van der Waals surface area contributed by atoms with Gasteiger partial charge in [0.15, 0.2) is 0 Å². The summed E-state index contributed by atoms with van der Waals surface area (Å²) in [6.07, 6.45) is 1.18. The molecule has 0 spiro atoms. The zero-order valence-electron chi connectivity index (χ0n) is 19.7. The van der Waals surface area contributed by atoms with Crippen LogP contribution in [0.5, 0.6) is 5.75 Å². The first-order valence-corrected chi connectivity index (χ1v) is 12.2. The first kappa shape index (κ1) is 25.3. The third kappa shape index (κ3) is 5.08. The van der Waals surface area contributed by atoms with Gasteiger partial charge in [0.1, 0.15) is 24.0 Å². The number of benzene rings is 3. The molecular formula is C28H23ClF4N2O2. The Labute approximate surface area is 216 Å². The molecule has 2 N–H and O–H groups in total. The van der Waals surface area contributed by atoms with Gasteiger partial charge < -0.3 is 15.4 Å². The monoisotopic (exact) mass is 530 g/mol. The van der Waals surface area contributed by atoms with Gasteiger partial charge in [-0.05, 0) is 53.1 Å². The number of hydrogen-bond donors (Lipinski definition) is 1. The average Bonchev–Trinajstić information content (AvgIpc) is 2.89. The number of rotatable bonds is 4. The lowest BCUT2D eigenvalue weighted by atomic mass is 9.92. The van der Waals surface area contributed by atoms with Gasteiger partial charge in [-0.25, -0.2) is 17.6 Å². The molecule has 0 bridgehead atoms. The number of hydrogen-bond acceptors (Lipinski definition) is 3. The van der Waals surface area contributed by atoms with E-state index in [1.165, 1.54) is 11.0 Å². The summed E-state index contributed by atoms with van der Waals surface area (Å²) in [4.78, 5) is 14.2. The SMILES string of the molecule is NCC1=Cc2cc(-c3ccc(C(=O)N4CCC(F)(F)CC4)cc3)cc(-c3cc(Cl)c(F)cc3F)c2OC1. The Balaban J connectivity index is 1.52. The molecule has 2 heterocycles. The van der Waals surface area contributed by atoms with Crippen molar-refractivity contribution in [3.8, 4) is 28.0 Å². The topological polar surface area (TPSA) is 55.6 Å². The molecule has 1 fully saturated rings. The number of fused-ring (bicyclic) bond motifs is 1. The summed E-state index contributed by atoms with van der Waals surface area (Å²) in [5.41, 5.74) is 9.61. The third-order valence-electron chi connectivity index (χ3n) is 6.69. The molecule has 37 heavy (non-hydrogen) atoms. The maximum absolute atomic E-state index is 14.9. The van der Waals surface area contributed by atoms with Crippen LogP contribution in [0.15, 0.2) is 54.1 Å². The van der Waals surface area contributed by atoms with Gasteiger partial charge in [0, 0.05) is 60.8 Å². The fourth-order valence-corrected chi connectivity index (χ4v) is 4.75. The summed E-state index contributed by atoms with van der Waals surface area (Å²) in [5, 5.41) is -0.220. The van der Waals surface area contributed by atoms with Crippen LogP contribution in [0.4, 0.5) is 17.6 Å². The van der Waals surface area contributed by atoms with Crippen LogP contribution in [0.1, 0.15) is 28.8 Å². The van der Waals surface area contributed by atoms with Gasteiger partial charge in [0.2, 0.25) is 0 Å². The first-order valence-electron chi connectivity index (χ1n) is 11.8. The van der Waals surface area contributed by atoms with Gasteiger partial charge in [-0.2, -0.15) is 0 Å². The number of piperidine rings is 1. The molecule has 192 valence electrons. The minimum absolute atomic E-state index is 0.00334. The molecule has 4 nitrogen and oxygen atoms in total. The van der Waals surface area contributed by atoms with Gasteiger partial charge >= 0.3 is 0 Å². The molecule has 0 atom stereocenters. The Kier molecular flexibility index (Phi) is 6.72. The summed E-state index contributed by atoms with van der Waals surface area (Å²) < 4.78 is 61.5. The second-order valence-corrected chi connectivity index (χ2v) is 9.62. The predicted molar refractivity (Wildman–Crippen MR) is 135 cm³/mol. The minimum Gasteiger partial charge on any atom is -0.488 e. The Bertz CT molecular complexity index is 1400. The number of likely N-dealkylation sites (tertiary alicyclic amines) is 1. The van der Waals surface area contributed by atoms with Crippen molar-refractivity contribution in [2.45, 2.75) is 18.8 Å². The van der Waals surface area contributed by atoms with E-state index >= 15 is 0 Å². The second-order valence-electron chi connectivity index (χ2n) is 9.21. The van der Waals surface area contributed by atoms with Crippen molar-refractivity contribution in [1.82, 2.24) is 4.90 Å². The lowest BCUT2D eigenvalue weighted by molar-refractivity contribution is -0.0494. The zero-order valence-corrected chi connectivity index (χ0v) is 20.4. The third-order valence-corrected chi connectivity index (χ3v) is 6.98. The Morgan fingerprint density at radius 3 is 2.35 bits per heavy atom. The van der Waals surface area contributed by atoms with E-state index in [0.29, 0.717) is 28.0 Å². The van der Waals surface area contributed by atoms with E-state index in [0.717, 1.165) is 17.2 Å². The van der Waals surface area contributed by atoms with E-state index in [1.807, 2.05) is 12.1 Å². The summed E-state index contributed by atoms with van der Waals surface area (Å²) in [6.45, 7) is 0.535. The summed E-state index contributed by atoms with van der Waals surface area (Å²) in [7, 11) is 0. The molecule has 1 amide bonds. The normalized spacial score (nSPS) is 16.6. The van der Waals surface area contributed by atoms with E-state index in [2.05, 4.69) is 0 Å². The fourth-order valence-electron chi connectivity index (χ4n) is 4.58. The predicted octanol–water partition coefficient (Wildman–Crippen LogP) is 6.56. The van der Waals surface area contributed by atoms with Gasteiger partial charge in [-0.1, -0.05) is 23.7 Å². The first-order chi connectivity index (χ1) is 17.6. The highest BCUT2D eigenvalue weighted by Crippen LogP contribution is 2.42. The molecule has 2 aliphatic rings. The second kappa shape index (κ2) is 9.84. The van der Waals surface area contributed by atoms with Gasteiger partial charge in [-0.15, -0.1) is 0 Å². The number of ether oxygens (including phenoxy) is 1. The van der Waals surface area contributed by atoms with Crippen LogP contribution in [-0.4, -0.2) is 43.0 Å². The lowest BCUT2D eigenvalue weighted by Gasteiger charge is -2.31. The molecule has 0 radical (unpaired) electrons. The lowest BCUT2D eigenvalue weighted by Crippen LogP contribution is -2.42. The Hall–Kier alpha value is -3.36. The largest absolute Gasteiger partial charge is 0.488 e. The zero-order chi connectivity index (χ0) is 26.3. The van der Waals surface area contributed by atoms with Crippen molar-refractivity contribution in [2.24, 2.45) is 5.73 Å². The number of alkyl halides is 2. The highest BCUT2D eigenvalue weighted by molar-refractivity contribution is 6.31. The van der Waals surface area contributed by atoms with E-state index in [4.69, 9.17) is 22.1 Å². The van der Waals surface area contributed by atoms with Gasteiger partial charge in [-0.3, -0.25) is 4.79 Å². The van der Waals surface area contributed by atoms with Crippen molar-refractivity contribution < 1.29 is 27.1 Å². The number of carbonyl (C=O) groups is 1. The van der Waals surface area contributed by atoms with Crippen LogP contribution in [0.2, 0.25) is 5.02 Å². The van der Waals surface area contributed by atoms with Crippen LogP contribution in [0.3, 0.4) is 0 Å². The van der Waals surface area contributed by atoms with Crippen LogP contribution in [-0.2, 0) is 0 Å². The van der Waals surface area contributed by atoms with Crippen molar-refractivity contribution in [3.05, 3.63) is 81.9 Å². The molecule has 0 aliphatic carbocycles. The van der Waals surface area contributed by atoms with E-state index < -0.39 is 17.6 Å². The highest BCUT2D eigenvalue weighted by atomic mass is 35.5. The van der Waals surface area contributed by atoms with E-state index in [9.17, 15) is 22.4 Å². The number of amides is 1. The van der Waals surface area contributed by atoms with Gasteiger partial charge in [0.05, 0.1) is 5.02 Å². The molecular weight excluding hydrogens is 508 g/mol. The van der Waals surface area contributed by atoms with Crippen LogP contribution in [0, 0.1) is 11.6 Å². The van der Waals surface area contributed by atoms with E-state index in [1.54, 1.807) is 30.3 Å². The molecule has 3 aromatic carbocycles. The molecule has 3 aromatic rings. The van der Waals surface area contributed by atoms with Gasteiger partial charge in [0.25, 0.3) is 11.8 Å². The fraction of sp³-hybridized carbons (Fsp3) is 0.250.